The molecule has 7 nitrogen and oxygen atoms in total. The number of rotatable bonds is 5. The fourth-order valence-corrected chi connectivity index (χ4v) is 3.50. The van der Waals surface area contributed by atoms with Crippen LogP contribution in [0, 0.1) is 6.92 Å². The third-order valence-corrected chi connectivity index (χ3v) is 5.08. The number of hydrogen-bond acceptors (Lipinski definition) is 4. The van der Waals surface area contributed by atoms with E-state index >= 15 is 0 Å². The topological polar surface area (TPSA) is 61.6 Å². The molecule has 2 aliphatic heterocycles. The van der Waals surface area contributed by atoms with E-state index in [0.717, 1.165) is 37.2 Å². The van der Waals surface area contributed by atoms with Gasteiger partial charge in [-0.05, 0) is 39.3 Å². The number of likely N-dealkylation sites (tertiary alicyclic amines) is 2. The van der Waals surface area contributed by atoms with E-state index in [9.17, 15) is 0 Å². The zero-order chi connectivity index (χ0) is 16.9. The largest absolute Gasteiger partial charge is 0.353 e. The average molecular weight is 459 g/mol. The monoisotopic (exact) mass is 459 g/mol. The standard InChI is InChI=1S/C17H29N7.HI/c1-4-8-18-17(19-12-16-21-20-14(2)22(16)3)24-11-7-15(13-24)23-9-5-6-10-23;/h4,15H,1,5-13H2,2-3H3,(H,18,19);1H. The first kappa shape index (κ1) is 20.2. The minimum Gasteiger partial charge on any atom is -0.353 e. The van der Waals surface area contributed by atoms with Crippen molar-refractivity contribution in [2.45, 2.75) is 38.8 Å². The Kier molecular flexibility index (Phi) is 7.67. The predicted molar refractivity (Wildman–Crippen MR) is 111 cm³/mol. The summed E-state index contributed by atoms with van der Waals surface area (Å²) in [7, 11) is 1.98. The van der Waals surface area contributed by atoms with Crippen LogP contribution in [0.15, 0.2) is 17.6 Å². The molecule has 0 amide bonds. The maximum absolute atomic E-state index is 4.79. The van der Waals surface area contributed by atoms with Crippen molar-refractivity contribution in [2.75, 3.05) is 32.7 Å². The van der Waals surface area contributed by atoms with Crippen LogP contribution in [0.5, 0.6) is 0 Å². The second-order valence-electron chi connectivity index (χ2n) is 6.66. The lowest BCUT2D eigenvalue weighted by atomic mass is 10.2. The third-order valence-electron chi connectivity index (χ3n) is 5.08. The molecule has 1 atom stereocenters. The Hall–Kier alpha value is -1.16. The van der Waals surface area contributed by atoms with Crippen molar-refractivity contribution in [3.05, 3.63) is 24.3 Å². The fraction of sp³-hybridized carbons (Fsp3) is 0.706. The smallest absolute Gasteiger partial charge is 0.194 e. The quantitative estimate of drug-likeness (QED) is 0.314. The summed E-state index contributed by atoms with van der Waals surface area (Å²) < 4.78 is 1.99. The van der Waals surface area contributed by atoms with Crippen LogP contribution in [0.25, 0.3) is 0 Å². The van der Waals surface area contributed by atoms with Crippen molar-refractivity contribution in [2.24, 2.45) is 12.0 Å². The molecular weight excluding hydrogens is 429 g/mol. The molecule has 2 fully saturated rings. The van der Waals surface area contributed by atoms with E-state index in [1.165, 1.54) is 32.4 Å². The van der Waals surface area contributed by atoms with Gasteiger partial charge >= 0.3 is 0 Å². The Balaban J connectivity index is 0.00000225. The predicted octanol–water partition coefficient (Wildman–Crippen LogP) is 1.54. The first-order valence-electron chi connectivity index (χ1n) is 8.92. The number of halogens is 1. The SMILES string of the molecule is C=CCNC(=NCc1nnc(C)n1C)N1CCC(N2CCCC2)C1.I. The van der Waals surface area contributed by atoms with Crippen LogP contribution in [0.4, 0.5) is 0 Å². The molecule has 1 aromatic heterocycles. The Morgan fingerprint density at radius 1 is 1.32 bits per heavy atom. The van der Waals surface area contributed by atoms with Crippen LogP contribution in [0.2, 0.25) is 0 Å². The van der Waals surface area contributed by atoms with Crippen LogP contribution >= 0.6 is 24.0 Å². The van der Waals surface area contributed by atoms with Crippen molar-refractivity contribution in [1.29, 1.82) is 0 Å². The molecule has 1 aromatic rings. The molecule has 8 heteroatoms. The zero-order valence-electron chi connectivity index (χ0n) is 15.3. The zero-order valence-corrected chi connectivity index (χ0v) is 17.6. The summed E-state index contributed by atoms with van der Waals surface area (Å²) >= 11 is 0. The van der Waals surface area contributed by atoms with Crippen LogP contribution in [0.1, 0.15) is 30.9 Å². The van der Waals surface area contributed by atoms with Gasteiger partial charge in [0.25, 0.3) is 0 Å². The summed E-state index contributed by atoms with van der Waals surface area (Å²) in [6.45, 7) is 11.6. The first-order chi connectivity index (χ1) is 11.7. The van der Waals surface area contributed by atoms with E-state index in [0.29, 0.717) is 12.6 Å². The molecule has 3 rings (SSSR count). The van der Waals surface area contributed by atoms with Gasteiger partial charge in [0.05, 0.1) is 0 Å². The van der Waals surface area contributed by atoms with Crippen LogP contribution < -0.4 is 5.32 Å². The number of nitrogens with zero attached hydrogens (tertiary/aromatic N) is 6. The number of nitrogens with one attached hydrogen (secondary N) is 1. The molecule has 2 saturated heterocycles. The summed E-state index contributed by atoms with van der Waals surface area (Å²) in [6.07, 6.45) is 5.78. The van der Waals surface area contributed by atoms with Gasteiger partial charge in [-0.15, -0.1) is 40.8 Å². The van der Waals surface area contributed by atoms with Crippen molar-refractivity contribution >= 4 is 29.9 Å². The van der Waals surface area contributed by atoms with E-state index in [1.54, 1.807) is 0 Å². The van der Waals surface area contributed by atoms with Crippen LogP contribution in [-0.4, -0.2) is 69.3 Å². The van der Waals surface area contributed by atoms with Crippen LogP contribution in [0.3, 0.4) is 0 Å². The molecule has 0 bridgehead atoms. The highest BCUT2D eigenvalue weighted by Gasteiger charge is 2.30. The lowest BCUT2D eigenvalue weighted by Gasteiger charge is -2.25. The van der Waals surface area contributed by atoms with E-state index in [4.69, 9.17) is 4.99 Å². The number of guanidine groups is 1. The number of aliphatic imine (C=N–C) groups is 1. The molecular formula is C17H30IN7. The number of hydrogen-bond donors (Lipinski definition) is 1. The second kappa shape index (κ2) is 9.51. The average Bonchev–Trinajstić information content (AvgIpc) is 3.31. The summed E-state index contributed by atoms with van der Waals surface area (Å²) in [5.41, 5.74) is 0. The van der Waals surface area contributed by atoms with E-state index in [-0.39, 0.29) is 24.0 Å². The number of aromatic nitrogens is 3. The summed E-state index contributed by atoms with van der Waals surface area (Å²) in [4.78, 5) is 9.80. The molecule has 3 heterocycles. The van der Waals surface area contributed by atoms with Crippen molar-refractivity contribution in [3.8, 4) is 0 Å². The first-order valence-corrected chi connectivity index (χ1v) is 8.92. The molecule has 1 N–H and O–H groups in total. The van der Waals surface area contributed by atoms with Gasteiger partial charge in [0.1, 0.15) is 12.4 Å². The highest BCUT2D eigenvalue weighted by atomic mass is 127. The molecule has 1 unspecified atom stereocenters. The lowest BCUT2D eigenvalue weighted by molar-refractivity contribution is 0.249. The highest BCUT2D eigenvalue weighted by Crippen LogP contribution is 2.20. The molecule has 25 heavy (non-hydrogen) atoms. The second-order valence-corrected chi connectivity index (χ2v) is 6.66. The molecule has 0 spiro atoms. The summed E-state index contributed by atoms with van der Waals surface area (Å²) in [6, 6.07) is 0.667. The van der Waals surface area contributed by atoms with Crippen molar-refractivity contribution in [1.82, 2.24) is 29.9 Å². The minimum absolute atomic E-state index is 0. The Labute approximate surface area is 167 Å². The van der Waals surface area contributed by atoms with Gasteiger partial charge in [-0.1, -0.05) is 6.08 Å². The van der Waals surface area contributed by atoms with Gasteiger partial charge in [-0.3, -0.25) is 4.90 Å². The fourth-order valence-electron chi connectivity index (χ4n) is 3.50. The minimum atomic E-state index is 0. The van der Waals surface area contributed by atoms with E-state index in [1.807, 2.05) is 24.6 Å². The van der Waals surface area contributed by atoms with Gasteiger partial charge in [0, 0.05) is 32.7 Å². The Morgan fingerprint density at radius 3 is 2.72 bits per heavy atom. The van der Waals surface area contributed by atoms with Gasteiger partial charge in [0.2, 0.25) is 0 Å². The van der Waals surface area contributed by atoms with Crippen molar-refractivity contribution < 1.29 is 0 Å². The van der Waals surface area contributed by atoms with Gasteiger partial charge in [-0.25, -0.2) is 4.99 Å². The molecule has 0 saturated carbocycles. The van der Waals surface area contributed by atoms with E-state index < -0.39 is 0 Å². The molecule has 2 aliphatic rings. The maximum atomic E-state index is 4.79. The molecule has 0 radical (unpaired) electrons. The van der Waals surface area contributed by atoms with Crippen LogP contribution in [-0.2, 0) is 13.6 Å². The van der Waals surface area contributed by atoms with Gasteiger partial charge in [-0.2, -0.15) is 0 Å². The lowest BCUT2D eigenvalue weighted by Crippen LogP contribution is -2.42. The summed E-state index contributed by atoms with van der Waals surface area (Å²) in [5, 5.41) is 11.7. The Morgan fingerprint density at radius 2 is 2.08 bits per heavy atom. The third kappa shape index (κ3) is 4.93. The van der Waals surface area contributed by atoms with Crippen molar-refractivity contribution in [3.63, 3.8) is 0 Å². The Bertz CT molecular complexity index is 592. The highest BCUT2D eigenvalue weighted by molar-refractivity contribution is 14.0. The van der Waals surface area contributed by atoms with E-state index in [2.05, 4.69) is 31.9 Å². The normalized spacial score (nSPS) is 21.4. The number of aryl methyl sites for hydroxylation is 1. The molecule has 0 aromatic carbocycles. The summed E-state index contributed by atoms with van der Waals surface area (Å²) in [5.74, 6) is 2.76. The van der Waals surface area contributed by atoms with Gasteiger partial charge < -0.3 is 14.8 Å². The van der Waals surface area contributed by atoms with Gasteiger partial charge in [0.15, 0.2) is 11.8 Å². The molecule has 140 valence electrons. The molecule has 0 aliphatic carbocycles. The maximum Gasteiger partial charge on any atom is 0.194 e.